The lowest BCUT2D eigenvalue weighted by molar-refractivity contribution is 0.391. The van der Waals surface area contributed by atoms with E-state index in [1.807, 2.05) is 36.1 Å². The summed E-state index contributed by atoms with van der Waals surface area (Å²) in [5.41, 5.74) is 2.34. The number of aromatic nitrogens is 2. The zero-order chi connectivity index (χ0) is 19.2. The van der Waals surface area contributed by atoms with Crippen LogP contribution in [0.3, 0.4) is 0 Å². The zero-order valence-electron chi connectivity index (χ0n) is 17.0. The lowest BCUT2D eigenvalue weighted by Crippen LogP contribution is -2.40. The Labute approximate surface area is 184 Å². The van der Waals surface area contributed by atoms with E-state index >= 15 is 0 Å². The highest BCUT2D eigenvalue weighted by Gasteiger charge is 2.26. The predicted octanol–water partition coefficient (Wildman–Crippen LogP) is 3.01. The number of rotatable bonds is 6. The van der Waals surface area contributed by atoms with Gasteiger partial charge in [0.15, 0.2) is 5.96 Å². The molecule has 1 saturated heterocycles. The van der Waals surface area contributed by atoms with E-state index < -0.39 is 0 Å². The van der Waals surface area contributed by atoms with Crippen LogP contribution in [-0.2, 0) is 13.6 Å². The first kappa shape index (κ1) is 22.3. The summed E-state index contributed by atoms with van der Waals surface area (Å²) in [6, 6.07) is 5.84. The number of nitrogens with one attached hydrogen (secondary N) is 1. The molecule has 28 heavy (non-hydrogen) atoms. The van der Waals surface area contributed by atoms with Gasteiger partial charge in [-0.25, -0.2) is 4.99 Å². The third-order valence-corrected chi connectivity index (χ3v) is 4.91. The van der Waals surface area contributed by atoms with Crippen LogP contribution in [0.25, 0.3) is 0 Å². The van der Waals surface area contributed by atoms with Crippen LogP contribution in [0.5, 0.6) is 11.5 Å². The predicted molar refractivity (Wildman–Crippen MR) is 122 cm³/mol. The molecule has 0 bridgehead atoms. The van der Waals surface area contributed by atoms with E-state index in [4.69, 9.17) is 14.5 Å². The Balaban J connectivity index is 0.00000280. The molecule has 8 heteroatoms. The van der Waals surface area contributed by atoms with Crippen molar-refractivity contribution in [2.24, 2.45) is 12.0 Å². The fourth-order valence-electron chi connectivity index (χ4n) is 3.44. The van der Waals surface area contributed by atoms with Gasteiger partial charge in [-0.3, -0.25) is 4.68 Å². The number of hydrogen-bond donors (Lipinski definition) is 1. The van der Waals surface area contributed by atoms with Crippen molar-refractivity contribution in [3.8, 4) is 11.5 Å². The fourth-order valence-corrected chi connectivity index (χ4v) is 3.44. The Morgan fingerprint density at radius 2 is 2.14 bits per heavy atom. The number of nitrogens with zero attached hydrogens (tertiary/aromatic N) is 4. The van der Waals surface area contributed by atoms with Crippen LogP contribution < -0.4 is 14.8 Å². The topological polar surface area (TPSA) is 63.9 Å². The number of guanidine groups is 1. The largest absolute Gasteiger partial charge is 0.497 e. The van der Waals surface area contributed by atoms with Crippen molar-refractivity contribution in [3.05, 3.63) is 41.7 Å². The molecule has 0 spiro atoms. The Bertz CT molecular complexity index is 793. The van der Waals surface area contributed by atoms with E-state index in [1.54, 1.807) is 14.2 Å². The second kappa shape index (κ2) is 10.5. The van der Waals surface area contributed by atoms with Crippen LogP contribution in [0.4, 0.5) is 0 Å². The van der Waals surface area contributed by atoms with Gasteiger partial charge in [0, 0.05) is 50.4 Å². The van der Waals surface area contributed by atoms with Gasteiger partial charge in [0.25, 0.3) is 0 Å². The molecule has 2 heterocycles. The molecule has 1 fully saturated rings. The molecule has 1 aromatic heterocycles. The maximum Gasteiger partial charge on any atom is 0.194 e. The Morgan fingerprint density at radius 1 is 1.32 bits per heavy atom. The summed E-state index contributed by atoms with van der Waals surface area (Å²) in [5, 5.41) is 7.73. The molecule has 0 saturated carbocycles. The summed E-state index contributed by atoms with van der Waals surface area (Å²) in [6.07, 6.45) is 5.20. The minimum absolute atomic E-state index is 0. The van der Waals surface area contributed by atoms with Crippen LogP contribution in [0.2, 0.25) is 0 Å². The van der Waals surface area contributed by atoms with Crippen molar-refractivity contribution in [1.82, 2.24) is 20.0 Å². The van der Waals surface area contributed by atoms with Crippen molar-refractivity contribution >= 4 is 29.9 Å². The van der Waals surface area contributed by atoms with Gasteiger partial charge in [-0.05, 0) is 31.0 Å². The first-order valence-corrected chi connectivity index (χ1v) is 9.37. The standard InChI is InChI=1S/C20H29N5O2.HI/c1-5-21-20(22-11-15-6-7-18(26-3)10-19(15)27-4)25-9-8-16(14-25)17-12-23-24(2)13-17;/h6-7,10,12-13,16H,5,8-9,11,14H2,1-4H3,(H,21,22);1H. The van der Waals surface area contributed by atoms with Crippen molar-refractivity contribution in [2.45, 2.75) is 25.8 Å². The summed E-state index contributed by atoms with van der Waals surface area (Å²) >= 11 is 0. The van der Waals surface area contributed by atoms with Crippen LogP contribution in [-0.4, -0.2) is 54.5 Å². The molecule has 0 radical (unpaired) electrons. The van der Waals surface area contributed by atoms with Crippen molar-refractivity contribution in [1.29, 1.82) is 0 Å². The van der Waals surface area contributed by atoms with Crippen molar-refractivity contribution in [2.75, 3.05) is 33.9 Å². The quantitative estimate of drug-likeness (QED) is 0.376. The SMILES string of the molecule is CCNC(=NCc1ccc(OC)cc1OC)N1CCC(c2cnn(C)c2)C1.I. The Kier molecular flexibility index (Phi) is 8.40. The molecule has 0 aliphatic carbocycles. The average Bonchev–Trinajstić information content (AvgIpc) is 3.34. The van der Waals surface area contributed by atoms with E-state index in [9.17, 15) is 0 Å². The minimum atomic E-state index is 0. The molecule has 1 aliphatic rings. The van der Waals surface area contributed by atoms with Gasteiger partial charge in [-0.2, -0.15) is 5.10 Å². The number of ether oxygens (including phenoxy) is 2. The highest BCUT2D eigenvalue weighted by atomic mass is 127. The van der Waals surface area contributed by atoms with Crippen molar-refractivity contribution < 1.29 is 9.47 Å². The Hall–Kier alpha value is -1.97. The number of hydrogen-bond acceptors (Lipinski definition) is 4. The Morgan fingerprint density at radius 3 is 2.79 bits per heavy atom. The highest BCUT2D eigenvalue weighted by molar-refractivity contribution is 14.0. The monoisotopic (exact) mass is 499 g/mol. The first-order valence-electron chi connectivity index (χ1n) is 9.37. The molecule has 1 aromatic carbocycles. The van der Waals surface area contributed by atoms with E-state index in [1.165, 1.54) is 5.56 Å². The van der Waals surface area contributed by atoms with Gasteiger partial charge in [-0.1, -0.05) is 0 Å². The minimum Gasteiger partial charge on any atom is -0.497 e. The summed E-state index contributed by atoms with van der Waals surface area (Å²) in [6.45, 7) is 5.44. The average molecular weight is 499 g/mol. The summed E-state index contributed by atoms with van der Waals surface area (Å²) < 4.78 is 12.6. The van der Waals surface area contributed by atoms with Crippen LogP contribution in [0.1, 0.15) is 30.4 Å². The number of benzene rings is 1. The number of halogens is 1. The van der Waals surface area contributed by atoms with Gasteiger partial charge >= 0.3 is 0 Å². The smallest absolute Gasteiger partial charge is 0.194 e. The van der Waals surface area contributed by atoms with E-state index in [-0.39, 0.29) is 24.0 Å². The molecule has 1 atom stereocenters. The van der Waals surface area contributed by atoms with Crippen LogP contribution in [0.15, 0.2) is 35.6 Å². The van der Waals surface area contributed by atoms with Crippen LogP contribution >= 0.6 is 24.0 Å². The maximum absolute atomic E-state index is 5.49. The normalized spacial score (nSPS) is 16.6. The van der Waals surface area contributed by atoms with E-state index in [2.05, 4.69) is 28.4 Å². The molecule has 154 valence electrons. The van der Waals surface area contributed by atoms with E-state index in [0.717, 1.165) is 49.1 Å². The summed E-state index contributed by atoms with van der Waals surface area (Å²) in [4.78, 5) is 7.18. The second-order valence-corrected chi connectivity index (χ2v) is 6.73. The summed E-state index contributed by atoms with van der Waals surface area (Å²) in [5.74, 6) is 3.02. The molecule has 0 amide bonds. The van der Waals surface area contributed by atoms with Crippen LogP contribution in [0, 0.1) is 0 Å². The van der Waals surface area contributed by atoms with Gasteiger partial charge in [0.2, 0.25) is 0 Å². The van der Waals surface area contributed by atoms with Gasteiger partial charge < -0.3 is 19.7 Å². The molecule has 1 unspecified atom stereocenters. The molecule has 1 N–H and O–H groups in total. The maximum atomic E-state index is 5.49. The van der Waals surface area contributed by atoms with Gasteiger partial charge in [0.05, 0.1) is 27.0 Å². The summed E-state index contributed by atoms with van der Waals surface area (Å²) in [7, 11) is 5.29. The van der Waals surface area contributed by atoms with Gasteiger partial charge in [0.1, 0.15) is 11.5 Å². The van der Waals surface area contributed by atoms with Gasteiger partial charge in [-0.15, -0.1) is 24.0 Å². The fraction of sp³-hybridized carbons (Fsp3) is 0.500. The lowest BCUT2D eigenvalue weighted by Gasteiger charge is -2.21. The first-order chi connectivity index (χ1) is 13.1. The molecule has 7 nitrogen and oxygen atoms in total. The molecule has 1 aliphatic heterocycles. The highest BCUT2D eigenvalue weighted by Crippen LogP contribution is 2.28. The van der Waals surface area contributed by atoms with E-state index in [0.29, 0.717) is 12.5 Å². The molecular formula is C20H30IN5O2. The third-order valence-electron chi connectivity index (χ3n) is 4.91. The second-order valence-electron chi connectivity index (χ2n) is 6.73. The zero-order valence-corrected chi connectivity index (χ0v) is 19.3. The van der Waals surface area contributed by atoms with Crippen molar-refractivity contribution in [3.63, 3.8) is 0 Å². The third kappa shape index (κ3) is 5.30. The number of aryl methyl sites for hydroxylation is 1. The number of methoxy groups -OCH3 is 2. The number of aliphatic imine (C=N–C) groups is 1. The lowest BCUT2D eigenvalue weighted by atomic mass is 10.0. The molecule has 2 aromatic rings. The molecular weight excluding hydrogens is 469 g/mol. The molecule has 3 rings (SSSR count). The number of likely N-dealkylation sites (tertiary alicyclic amines) is 1.